The van der Waals surface area contributed by atoms with E-state index in [9.17, 15) is 4.79 Å². The highest BCUT2D eigenvalue weighted by atomic mass is 16.5. The molecule has 0 aromatic carbocycles. The number of carbonyl (C=O) groups is 1. The Balaban J connectivity index is 1.98. The summed E-state index contributed by atoms with van der Waals surface area (Å²) in [6.45, 7) is 1.25. The quantitative estimate of drug-likeness (QED) is 0.709. The number of aliphatic hydroxyl groups is 1. The monoisotopic (exact) mass is 241 g/mol. The van der Waals surface area contributed by atoms with Crippen LogP contribution in [0.4, 0.5) is 0 Å². The lowest BCUT2D eigenvalue weighted by Gasteiger charge is -2.31. The maximum absolute atomic E-state index is 11.9. The van der Waals surface area contributed by atoms with Gasteiger partial charge in [-0.3, -0.25) is 9.69 Å². The van der Waals surface area contributed by atoms with Gasteiger partial charge in [-0.2, -0.15) is 0 Å². The molecule has 1 saturated heterocycles. The van der Waals surface area contributed by atoms with Crippen molar-refractivity contribution in [1.29, 1.82) is 0 Å². The minimum atomic E-state index is -0.0663. The highest BCUT2D eigenvalue weighted by Crippen LogP contribution is 2.39. The maximum atomic E-state index is 11.9. The number of likely N-dealkylation sites (tertiary alicyclic amines) is 1. The molecule has 17 heavy (non-hydrogen) atoms. The molecule has 4 nitrogen and oxygen atoms in total. The lowest BCUT2D eigenvalue weighted by atomic mass is 10.1. The van der Waals surface area contributed by atoms with Gasteiger partial charge in [0, 0.05) is 12.6 Å². The number of esters is 1. The lowest BCUT2D eigenvalue weighted by molar-refractivity contribution is -0.148. The van der Waals surface area contributed by atoms with E-state index in [-0.39, 0.29) is 18.6 Å². The summed E-state index contributed by atoms with van der Waals surface area (Å²) >= 11 is 0. The first-order valence-corrected chi connectivity index (χ1v) is 6.72. The number of rotatable bonds is 6. The van der Waals surface area contributed by atoms with Crippen LogP contribution < -0.4 is 0 Å². The first-order chi connectivity index (χ1) is 8.27. The number of ether oxygens (including phenoxy) is 1. The van der Waals surface area contributed by atoms with Gasteiger partial charge in [0.05, 0.1) is 7.11 Å². The molecule has 2 aliphatic rings. The zero-order valence-electron chi connectivity index (χ0n) is 10.6. The minimum absolute atomic E-state index is 0.0220. The standard InChI is InChI=1S/C13H23NO3/c1-17-13(16)12(10-6-7-10)14-8-2-4-11(14)5-3-9-15/h10-12,15H,2-9H2,1H3. The SMILES string of the molecule is COC(=O)C(C1CC1)N1CCCC1CCCO. The molecule has 2 atom stereocenters. The summed E-state index contributed by atoms with van der Waals surface area (Å²) in [5, 5.41) is 8.92. The predicted molar refractivity (Wildman–Crippen MR) is 64.6 cm³/mol. The molecule has 1 saturated carbocycles. The van der Waals surface area contributed by atoms with Gasteiger partial charge in [-0.25, -0.2) is 0 Å². The van der Waals surface area contributed by atoms with Gasteiger partial charge < -0.3 is 9.84 Å². The fourth-order valence-corrected chi connectivity index (χ4v) is 2.99. The molecule has 1 aliphatic heterocycles. The van der Waals surface area contributed by atoms with Crippen LogP contribution in [0, 0.1) is 5.92 Å². The Morgan fingerprint density at radius 1 is 1.47 bits per heavy atom. The van der Waals surface area contributed by atoms with Crippen LogP contribution in [0.5, 0.6) is 0 Å². The number of aliphatic hydroxyl groups excluding tert-OH is 1. The number of nitrogens with zero attached hydrogens (tertiary/aromatic N) is 1. The normalized spacial score (nSPS) is 27.1. The Labute approximate surface area is 103 Å². The summed E-state index contributed by atoms with van der Waals surface area (Å²) < 4.78 is 4.95. The zero-order chi connectivity index (χ0) is 12.3. The van der Waals surface area contributed by atoms with Crippen molar-refractivity contribution in [1.82, 2.24) is 4.90 Å². The molecule has 2 rings (SSSR count). The number of carbonyl (C=O) groups excluding carboxylic acids is 1. The van der Waals surface area contributed by atoms with E-state index in [1.54, 1.807) is 0 Å². The first kappa shape index (κ1) is 12.8. The summed E-state index contributed by atoms with van der Waals surface area (Å²) in [4.78, 5) is 14.2. The molecule has 4 heteroatoms. The number of methoxy groups -OCH3 is 1. The van der Waals surface area contributed by atoms with E-state index >= 15 is 0 Å². The second-order valence-electron chi connectivity index (χ2n) is 5.21. The Morgan fingerprint density at radius 2 is 2.24 bits per heavy atom. The van der Waals surface area contributed by atoms with E-state index in [1.165, 1.54) is 7.11 Å². The van der Waals surface area contributed by atoms with E-state index in [4.69, 9.17) is 9.84 Å². The van der Waals surface area contributed by atoms with Crippen LogP contribution in [0.2, 0.25) is 0 Å². The van der Waals surface area contributed by atoms with Crippen molar-refractivity contribution in [2.75, 3.05) is 20.3 Å². The van der Waals surface area contributed by atoms with Gasteiger partial charge in [0.15, 0.2) is 0 Å². The summed E-state index contributed by atoms with van der Waals surface area (Å²) in [6, 6.07) is 0.443. The highest BCUT2D eigenvalue weighted by molar-refractivity contribution is 5.76. The molecular formula is C13H23NO3. The van der Waals surface area contributed by atoms with Crippen molar-refractivity contribution < 1.29 is 14.6 Å². The Morgan fingerprint density at radius 3 is 2.82 bits per heavy atom. The second kappa shape index (κ2) is 5.83. The van der Waals surface area contributed by atoms with Crippen LogP contribution in [0.25, 0.3) is 0 Å². The third kappa shape index (κ3) is 2.99. The van der Waals surface area contributed by atoms with Crippen LogP contribution >= 0.6 is 0 Å². The van der Waals surface area contributed by atoms with Crippen molar-refractivity contribution in [2.45, 2.75) is 50.6 Å². The van der Waals surface area contributed by atoms with E-state index in [0.717, 1.165) is 45.1 Å². The molecule has 0 radical (unpaired) electrons. The summed E-state index contributed by atoms with van der Waals surface area (Å²) in [7, 11) is 1.48. The third-order valence-corrected chi connectivity index (χ3v) is 3.99. The smallest absolute Gasteiger partial charge is 0.323 e. The van der Waals surface area contributed by atoms with Crippen LogP contribution in [0.1, 0.15) is 38.5 Å². The van der Waals surface area contributed by atoms with Gasteiger partial charge in [0.25, 0.3) is 0 Å². The van der Waals surface area contributed by atoms with E-state index in [0.29, 0.717) is 12.0 Å². The number of hydrogen-bond donors (Lipinski definition) is 1. The Kier molecular flexibility index (Phi) is 4.40. The van der Waals surface area contributed by atoms with Gasteiger partial charge in [0.2, 0.25) is 0 Å². The van der Waals surface area contributed by atoms with Gasteiger partial charge >= 0.3 is 5.97 Å². The van der Waals surface area contributed by atoms with Crippen molar-refractivity contribution in [3.63, 3.8) is 0 Å². The highest BCUT2D eigenvalue weighted by Gasteiger charge is 2.44. The van der Waals surface area contributed by atoms with Gasteiger partial charge in [-0.05, 0) is 51.0 Å². The average molecular weight is 241 g/mol. The number of hydrogen-bond acceptors (Lipinski definition) is 4. The molecule has 0 aromatic rings. The third-order valence-electron chi connectivity index (χ3n) is 3.99. The van der Waals surface area contributed by atoms with Crippen molar-refractivity contribution in [3.05, 3.63) is 0 Å². The first-order valence-electron chi connectivity index (χ1n) is 6.72. The van der Waals surface area contributed by atoms with E-state index < -0.39 is 0 Å². The predicted octanol–water partition coefficient (Wildman–Crippen LogP) is 1.17. The van der Waals surface area contributed by atoms with Crippen molar-refractivity contribution >= 4 is 5.97 Å². The van der Waals surface area contributed by atoms with Gasteiger partial charge in [-0.1, -0.05) is 0 Å². The second-order valence-corrected chi connectivity index (χ2v) is 5.21. The maximum Gasteiger partial charge on any atom is 0.323 e. The van der Waals surface area contributed by atoms with E-state index in [1.807, 2.05) is 0 Å². The molecule has 0 spiro atoms. The Hall–Kier alpha value is -0.610. The molecule has 2 fully saturated rings. The molecule has 0 amide bonds. The molecule has 0 aromatic heterocycles. The zero-order valence-corrected chi connectivity index (χ0v) is 10.6. The molecule has 1 aliphatic carbocycles. The van der Waals surface area contributed by atoms with Crippen LogP contribution in [0.3, 0.4) is 0 Å². The summed E-state index contributed by atoms with van der Waals surface area (Å²) in [5.74, 6) is 0.445. The Bertz CT molecular complexity index is 265. The van der Waals surface area contributed by atoms with Crippen molar-refractivity contribution in [3.8, 4) is 0 Å². The van der Waals surface area contributed by atoms with Crippen molar-refractivity contribution in [2.24, 2.45) is 5.92 Å². The molecule has 98 valence electrons. The van der Waals surface area contributed by atoms with Gasteiger partial charge in [-0.15, -0.1) is 0 Å². The fraction of sp³-hybridized carbons (Fsp3) is 0.923. The molecule has 2 unspecified atom stereocenters. The minimum Gasteiger partial charge on any atom is -0.468 e. The average Bonchev–Trinajstić information content (AvgIpc) is 3.06. The topological polar surface area (TPSA) is 49.8 Å². The van der Waals surface area contributed by atoms with Crippen LogP contribution in [-0.2, 0) is 9.53 Å². The molecule has 1 N–H and O–H groups in total. The largest absolute Gasteiger partial charge is 0.468 e. The molecule has 0 bridgehead atoms. The van der Waals surface area contributed by atoms with E-state index in [2.05, 4.69) is 4.90 Å². The van der Waals surface area contributed by atoms with Crippen LogP contribution in [-0.4, -0.2) is 48.3 Å². The van der Waals surface area contributed by atoms with Gasteiger partial charge in [0.1, 0.15) is 6.04 Å². The summed E-state index contributed by atoms with van der Waals surface area (Å²) in [6.07, 6.45) is 6.46. The molecular weight excluding hydrogens is 218 g/mol. The fourth-order valence-electron chi connectivity index (χ4n) is 2.99. The lowest BCUT2D eigenvalue weighted by Crippen LogP contribution is -2.46. The van der Waals surface area contributed by atoms with Crippen LogP contribution in [0.15, 0.2) is 0 Å². The summed E-state index contributed by atoms with van der Waals surface area (Å²) in [5.41, 5.74) is 0. The molecule has 1 heterocycles.